The van der Waals surface area contributed by atoms with E-state index in [1.54, 1.807) is 11.0 Å². The van der Waals surface area contributed by atoms with Gasteiger partial charge in [-0.15, -0.1) is 0 Å². The molecule has 9 heteroatoms. The van der Waals surface area contributed by atoms with Gasteiger partial charge in [-0.25, -0.2) is 4.79 Å². The number of nitrogens with zero attached hydrogens (tertiary/aromatic N) is 3. The molecule has 1 aromatic rings. The molecule has 1 atom stereocenters. The smallest absolute Gasteiger partial charge is 0.410 e. The predicted molar refractivity (Wildman–Crippen MR) is 98.2 cm³/mol. The molecule has 0 unspecified atom stereocenters. The van der Waals surface area contributed by atoms with Crippen LogP contribution < -0.4 is 9.64 Å². The second-order valence-corrected chi connectivity index (χ2v) is 7.70. The van der Waals surface area contributed by atoms with Gasteiger partial charge >= 0.3 is 11.8 Å². The van der Waals surface area contributed by atoms with Gasteiger partial charge in [-0.05, 0) is 20.8 Å². The van der Waals surface area contributed by atoms with Gasteiger partial charge in [-0.2, -0.15) is 0 Å². The standard InChI is InChI=1S/C18H25N3O6/c1-18(2,3)27-17(22)19-5-6-20-13(9-19)11-26-10-12-7-15(21(23)24)16(25-4)8-14(12)20/h7-8,13H,5-6,9-11H2,1-4H3/t13-/m1/s1. The molecule has 2 aliphatic rings. The average Bonchev–Trinajstić information content (AvgIpc) is 2.77. The first-order valence-corrected chi connectivity index (χ1v) is 8.87. The first kappa shape index (κ1) is 19.2. The fourth-order valence-corrected chi connectivity index (χ4v) is 3.40. The summed E-state index contributed by atoms with van der Waals surface area (Å²) < 4.78 is 16.4. The van der Waals surface area contributed by atoms with E-state index < -0.39 is 10.5 Å². The van der Waals surface area contributed by atoms with Crippen LogP contribution in [-0.2, 0) is 16.1 Å². The third-order valence-corrected chi connectivity index (χ3v) is 4.59. The molecule has 0 aliphatic carbocycles. The first-order chi connectivity index (χ1) is 12.7. The lowest BCUT2D eigenvalue weighted by Crippen LogP contribution is -2.56. The zero-order valence-electron chi connectivity index (χ0n) is 16.1. The Labute approximate surface area is 157 Å². The van der Waals surface area contributed by atoms with Gasteiger partial charge in [0.15, 0.2) is 5.75 Å². The summed E-state index contributed by atoms with van der Waals surface area (Å²) in [6.45, 7) is 7.77. The Bertz CT molecular complexity index is 745. The number of nitro benzene ring substituents is 1. The highest BCUT2D eigenvalue weighted by Crippen LogP contribution is 2.38. The Kier molecular flexibility index (Phi) is 5.14. The molecule has 9 nitrogen and oxygen atoms in total. The van der Waals surface area contributed by atoms with Crippen LogP contribution in [0.1, 0.15) is 26.3 Å². The molecule has 1 amide bonds. The lowest BCUT2D eigenvalue weighted by Gasteiger charge is -2.42. The van der Waals surface area contributed by atoms with Crippen molar-refractivity contribution in [2.24, 2.45) is 0 Å². The van der Waals surface area contributed by atoms with Crippen molar-refractivity contribution in [3.63, 3.8) is 0 Å². The number of fused-ring (bicyclic) bond motifs is 3. The molecule has 0 saturated carbocycles. The number of piperazine rings is 1. The van der Waals surface area contributed by atoms with Gasteiger partial charge in [0, 0.05) is 43.0 Å². The third-order valence-electron chi connectivity index (χ3n) is 4.59. The van der Waals surface area contributed by atoms with E-state index in [1.807, 2.05) is 20.8 Å². The summed E-state index contributed by atoms with van der Waals surface area (Å²) in [6.07, 6.45) is -0.340. The fraction of sp³-hybridized carbons (Fsp3) is 0.611. The molecule has 148 valence electrons. The van der Waals surface area contributed by atoms with Crippen LogP contribution >= 0.6 is 0 Å². The summed E-state index contributed by atoms with van der Waals surface area (Å²) >= 11 is 0. The number of carbonyl (C=O) groups is 1. The van der Waals surface area contributed by atoms with Crippen molar-refractivity contribution in [1.82, 2.24) is 4.90 Å². The third kappa shape index (κ3) is 4.08. The van der Waals surface area contributed by atoms with Crippen molar-refractivity contribution in [3.8, 4) is 5.75 Å². The molecule has 0 spiro atoms. The zero-order valence-corrected chi connectivity index (χ0v) is 16.1. The molecule has 2 heterocycles. The second-order valence-electron chi connectivity index (χ2n) is 7.70. The Morgan fingerprint density at radius 3 is 2.70 bits per heavy atom. The van der Waals surface area contributed by atoms with E-state index in [0.29, 0.717) is 26.2 Å². The molecule has 27 heavy (non-hydrogen) atoms. The topological polar surface area (TPSA) is 94.4 Å². The van der Waals surface area contributed by atoms with Crippen molar-refractivity contribution in [1.29, 1.82) is 0 Å². The maximum Gasteiger partial charge on any atom is 0.410 e. The summed E-state index contributed by atoms with van der Waals surface area (Å²) in [7, 11) is 1.42. The lowest BCUT2D eigenvalue weighted by molar-refractivity contribution is -0.385. The zero-order chi connectivity index (χ0) is 19.8. The van der Waals surface area contributed by atoms with E-state index in [2.05, 4.69) is 4.90 Å². The normalized spacial score (nSPS) is 19.6. The van der Waals surface area contributed by atoms with Gasteiger partial charge in [0.05, 0.1) is 31.3 Å². The average molecular weight is 379 g/mol. The van der Waals surface area contributed by atoms with Crippen LogP contribution in [0.2, 0.25) is 0 Å². The van der Waals surface area contributed by atoms with Gasteiger partial charge in [0.1, 0.15) is 5.60 Å². The van der Waals surface area contributed by atoms with E-state index in [1.165, 1.54) is 13.2 Å². The number of carbonyl (C=O) groups excluding carboxylic acids is 1. The van der Waals surface area contributed by atoms with Crippen molar-refractivity contribution >= 4 is 17.5 Å². The predicted octanol–water partition coefficient (Wildman–Crippen LogP) is 2.56. The number of amides is 1. The molecule has 0 N–H and O–H groups in total. The minimum absolute atomic E-state index is 0.0568. The minimum Gasteiger partial charge on any atom is -0.490 e. The molecule has 3 rings (SSSR count). The highest BCUT2D eigenvalue weighted by atomic mass is 16.6. The number of hydrogen-bond acceptors (Lipinski definition) is 7. The van der Waals surface area contributed by atoms with Crippen LogP contribution in [0.25, 0.3) is 0 Å². The number of benzene rings is 1. The van der Waals surface area contributed by atoms with E-state index >= 15 is 0 Å². The molecule has 1 aromatic carbocycles. The Morgan fingerprint density at radius 2 is 2.07 bits per heavy atom. The fourth-order valence-electron chi connectivity index (χ4n) is 3.40. The number of anilines is 1. The van der Waals surface area contributed by atoms with E-state index in [-0.39, 0.29) is 30.2 Å². The summed E-state index contributed by atoms with van der Waals surface area (Å²) in [5, 5.41) is 11.3. The second kappa shape index (κ2) is 7.22. The van der Waals surface area contributed by atoms with Crippen molar-refractivity contribution in [2.75, 3.05) is 38.3 Å². The monoisotopic (exact) mass is 379 g/mol. The summed E-state index contributed by atoms with van der Waals surface area (Å²) in [5.74, 6) is 0.217. The van der Waals surface area contributed by atoms with Crippen LogP contribution in [0, 0.1) is 10.1 Å². The molecular weight excluding hydrogens is 354 g/mol. The largest absolute Gasteiger partial charge is 0.490 e. The molecule has 2 aliphatic heterocycles. The van der Waals surface area contributed by atoms with Crippen LogP contribution in [0.5, 0.6) is 5.75 Å². The van der Waals surface area contributed by atoms with Gasteiger partial charge in [0.25, 0.3) is 0 Å². The highest BCUT2D eigenvalue weighted by Gasteiger charge is 2.35. The van der Waals surface area contributed by atoms with E-state index in [4.69, 9.17) is 14.2 Å². The summed E-state index contributed by atoms with van der Waals surface area (Å²) in [6, 6.07) is 3.15. The minimum atomic E-state index is -0.549. The molecule has 1 saturated heterocycles. The first-order valence-electron chi connectivity index (χ1n) is 8.87. The van der Waals surface area contributed by atoms with Gasteiger partial charge in [0.2, 0.25) is 0 Å². The number of rotatable bonds is 2. The lowest BCUT2D eigenvalue weighted by atomic mass is 10.1. The van der Waals surface area contributed by atoms with Crippen molar-refractivity contribution in [2.45, 2.75) is 39.0 Å². The summed E-state index contributed by atoms with van der Waals surface area (Å²) in [5.41, 5.74) is 0.970. The Hall–Kier alpha value is -2.55. The van der Waals surface area contributed by atoms with Crippen molar-refractivity contribution in [3.05, 3.63) is 27.8 Å². The van der Waals surface area contributed by atoms with Gasteiger partial charge < -0.3 is 24.0 Å². The maximum atomic E-state index is 12.4. The van der Waals surface area contributed by atoms with Gasteiger partial charge in [-0.1, -0.05) is 0 Å². The molecule has 1 fully saturated rings. The quantitative estimate of drug-likeness (QED) is 0.576. The SMILES string of the molecule is COc1cc2c(cc1[N+](=O)[O-])COC[C@H]1CN(C(=O)OC(C)(C)C)CCN21. The highest BCUT2D eigenvalue weighted by molar-refractivity contribution is 5.70. The summed E-state index contributed by atoms with van der Waals surface area (Å²) in [4.78, 5) is 27.0. The van der Waals surface area contributed by atoms with E-state index in [0.717, 1.165) is 11.3 Å². The Balaban J connectivity index is 1.85. The molecule has 0 radical (unpaired) electrons. The Morgan fingerprint density at radius 1 is 1.33 bits per heavy atom. The van der Waals surface area contributed by atoms with Crippen LogP contribution in [0.3, 0.4) is 0 Å². The van der Waals surface area contributed by atoms with Crippen molar-refractivity contribution < 1.29 is 23.9 Å². The van der Waals surface area contributed by atoms with Crippen LogP contribution in [0.15, 0.2) is 12.1 Å². The molecule has 0 bridgehead atoms. The number of hydrogen-bond donors (Lipinski definition) is 0. The molecular formula is C18H25N3O6. The number of ether oxygens (including phenoxy) is 3. The number of methoxy groups -OCH3 is 1. The molecule has 0 aromatic heterocycles. The van der Waals surface area contributed by atoms with E-state index in [9.17, 15) is 14.9 Å². The maximum absolute atomic E-state index is 12.4. The van der Waals surface area contributed by atoms with Crippen LogP contribution in [-0.4, -0.2) is 60.9 Å². The number of nitro groups is 1. The van der Waals surface area contributed by atoms with Crippen LogP contribution in [0.4, 0.5) is 16.2 Å². The van der Waals surface area contributed by atoms with Gasteiger partial charge in [-0.3, -0.25) is 10.1 Å².